The lowest BCUT2D eigenvalue weighted by molar-refractivity contribution is -0.254. The molecule has 1 saturated carbocycles. The molecule has 0 aromatic carbocycles. The summed E-state index contributed by atoms with van der Waals surface area (Å²) in [6.07, 6.45) is 10.6. The second-order valence-electron chi connectivity index (χ2n) is 9.98. The van der Waals surface area contributed by atoms with Crippen molar-refractivity contribution in [2.24, 2.45) is 0 Å². The molecule has 0 atom stereocenters. The fourth-order valence-electron chi connectivity index (χ4n) is 5.72. The minimum absolute atomic E-state index is 0.156. The van der Waals surface area contributed by atoms with Crippen molar-refractivity contribution in [1.29, 1.82) is 0 Å². The zero-order chi connectivity index (χ0) is 25.2. The van der Waals surface area contributed by atoms with Crippen LogP contribution < -0.4 is 0 Å². The summed E-state index contributed by atoms with van der Waals surface area (Å²) in [6, 6.07) is 2.92. The molecule has 0 aliphatic heterocycles. The van der Waals surface area contributed by atoms with Gasteiger partial charge < -0.3 is 0 Å². The molecule has 0 bridgehead atoms. The third kappa shape index (κ3) is 3.85. The van der Waals surface area contributed by atoms with Crippen LogP contribution in [0, 0.1) is 13.8 Å². The normalized spacial score (nSPS) is 24.2. The maximum absolute atomic E-state index is 15.3. The average Bonchev–Trinajstić information content (AvgIpc) is 3.42. The lowest BCUT2D eigenvalue weighted by atomic mass is 9.87. The predicted molar refractivity (Wildman–Crippen MR) is 132 cm³/mol. The number of halogens is 6. The molecule has 8 heteroatoms. The topological polar surface area (TPSA) is 0 Å². The van der Waals surface area contributed by atoms with Gasteiger partial charge in [0.2, 0.25) is 0 Å². The lowest BCUT2D eigenvalue weighted by Crippen LogP contribution is -2.48. The molecule has 0 amide bonds. The van der Waals surface area contributed by atoms with E-state index < -0.39 is 28.9 Å². The number of rotatable bonds is 4. The Morgan fingerprint density at radius 3 is 1.94 bits per heavy atom. The molecule has 0 spiro atoms. The van der Waals surface area contributed by atoms with Crippen LogP contribution in [0.25, 0.3) is 16.7 Å². The van der Waals surface area contributed by atoms with E-state index in [9.17, 15) is 8.78 Å². The number of hydrogen-bond donors (Lipinski definition) is 0. The number of thiophene rings is 2. The first kappa shape index (κ1) is 25.1. The first-order chi connectivity index (χ1) is 16.5. The van der Waals surface area contributed by atoms with E-state index in [1.807, 2.05) is 6.08 Å². The number of hydrogen-bond acceptors (Lipinski definition) is 2. The summed E-state index contributed by atoms with van der Waals surface area (Å²) in [7, 11) is 0. The molecule has 0 saturated heterocycles. The number of aryl methyl sites for hydroxylation is 2. The smallest absolute Gasteiger partial charge is 0.194 e. The van der Waals surface area contributed by atoms with Crippen molar-refractivity contribution in [2.45, 2.75) is 95.3 Å². The van der Waals surface area contributed by atoms with Crippen molar-refractivity contribution in [3.63, 3.8) is 0 Å². The summed E-state index contributed by atoms with van der Waals surface area (Å²) in [5.74, 6) is -15.3. The first-order valence-electron chi connectivity index (χ1n) is 12.3. The predicted octanol–water partition coefficient (Wildman–Crippen LogP) is 10.3. The summed E-state index contributed by atoms with van der Waals surface area (Å²) < 4.78 is 91.0. The Balaban J connectivity index is 1.71. The van der Waals surface area contributed by atoms with E-state index in [-0.39, 0.29) is 17.0 Å². The van der Waals surface area contributed by atoms with E-state index in [1.165, 1.54) is 34.8 Å². The summed E-state index contributed by atoms with van der Waals surface area (Å²) in [4.78, 5) is 2.26. The maximum Gasteiger partial charge on any atom is 0.380 e. The first-order valence-corrected chi connectivity index (χ1v) is 13.9. The van der Waals surface area contributed by atoms with Crippen LogP contribution in [0.15, 0.2) is 18.2 Å². The Labute approximate surface area is 209 Å². The van der Waals surface area contributed by atoms with Crippen LogP contribution in [-0.4, -0.2) is 17.8 Å². The molecule has 0 unspecified atom stereocenters. The minimum Gasteiger partial charge on any atom is -0.194 e. The molecule has 3 aliphatic rings. The summed E-state index contributed by atoms with van der Waals surface area (Å²) in [5, 5.41) is 0. The molecule has 2 aromatic rings. The standard InChI is InChI=1S/C27H28F6S2/c1-15-19(13-21(34-15)17-9-5-3-6-10-17)23-24(26(30,31)27(32,33)25(23,28)29)20-14-22(35-16(20)2)18-11-7-4-8-12-18/h9,13-14,18H,3-8,10-12H2,1-2H3. The maximum atomic E-state index is 15.3. The summed E-state index contributed by atoms with van der Waals surface area (Å²) in [5.41, 5.74) is -1.77. The van der Waals surface area contributed by atoms with Gasteiger partial charge in [0.05, 0.1) is 0 Å². The van der Waals surface area contributed by atoms with E-state index in [0.29, 0.717) is 14.6 Å². The SMILES string of the molecule is Cc1sc(C2=CCCCC2)cc1C1=C(c2cc(C3CCCCC3)sc2C)C(F)(F)C(F)(F)C1(F)F. The van der Waals surface area contributed by atoms with Crippen LogP contribution in [0.5, 0.6) is 0 Å². The molecular formula is C27H28F6S2. The van der Waals surface area contributed by atoms with E-state index in [4.69, 9.17) is 0 Å². The van der Waals surface area contributed by atoms with E-state index in [0.717, 1.165) is 68.2 Å². The quantitative estimate of drug-likeness (QED) is 0.345. The lowest BCUT2D eigenvalue weighted by Gasteiger charge is -2.25. The molecule has 190 valence electrons. The van der Waals surface area contributed by atoms with Gasteiger partial charge in [-0.1, -0.05) is 25.3 Å². The van der Waals surface area contributed by atoms with Crippen molar-refractivity contribution in [1.82, 2.24) is 0 Å². The van der Waals surface area contributed by atoms with Crippen LogP contribution in [0.2, 0.25) is 0 Å². The van der Waals surface area contributed by atoms with Gasteiger partial charge in [-0.15, -0.1) is 22.7 Å². The van der Waals surface area contributed by atoms with E-state index in [1.54, 1.807) is 13.8 Å². The van der Waals surface area contributed by atoms with E-state index >= 15 is 17.6 Å². The molecule has 35 heavy (non-hydrogen) atoms. The molecule has 3 aliphatic carbocycles. The fraction of sp³-hybridized carbons (Fsp3) is 0.556. The van der Waals surface area contributed by atoms with Crippen LogP contribution in [-0.2, 0) is 0 Å². The highest BCUT2D eigenvalue weighted by atomic mass is 32.1. The Kier molecular flexibility index (Phi) is 6.31. The van der Waals surface area contributed by atoms with Crippen LogP contribution in [0.1, 0.15) is 94.3 Å². The van der Waals surface area contributed by atoms with Gasteiger partial charge in [-0.25, -0.2) is 0 Å². The number of allylic oxidation sites excluding steroid dienone is 4. The molecule has 1 fully saturated rings. The Bertz CT molecular complexity index is 1190. The van der Waals surface area contributed by atoms with Gasteiger partial charge >= 0.3 is 17.8 Å². The Morgan fingerprint density at radius 1 is 0.743 bits per heavy atom. The molecule has 0 radical (unpaired) electrons. The molecule has 2 heterocycles. The molecular weight excluding hydrogens is 502 g/mol. The zero-order valence-corrected chi connectivity index (χ0v) is 21.4. The third-order valence-corrected chi connectivity index (χ3v) is 10.0. The van der Waals surface area contributed by atoms with Crippen LogP contribution >= 0.6 is 22.7 Å². The largest absolute Gasteiger partial charge is 0.380 e. The Morgan fingerprint density at radius 2 is 1.34 bits per heavy atom. The zero-order valence-electron chi connectivity index (χ0n) is 19.8. The van der Waals surface area contributed by atoms with Crippen molar-refractivity contribution in [2.75, 3.05) is 0 Å². The van der Waals surface area contributed by atoms with Crippen molar-refractivity contribution >= 4 is 39.4 Å². The molecule has 0 nitrogen and oxygen atoms in total. The third-order valence-electron chi connectivity index (χ3n) is 7.67. The average molecular weight is 531 g/mol. The fourth-order valence-corrected chi connectivity index (χ4v) is 8.02. The highest BCUT2D eigenvalue weighted by Gasteiger charge is 2.80. The van der Waals surface area contributed by atoms with Crippen molar-refractivity contribution in [3.8, 4) is 0 Å². The van der Waals surface area contributed by atoms with Crippen LogP contribution in [0.3, 0.4) is 0 Å². The van der Waals surface area contributed by atoms with Gasteiger partial charge in [0, 0.05) is 30.7 Å². The van der Waals surface area contributed by atoms with Gasteiger partial charge in [-0.05, 0) is 87.1 Å². The van der Waals surface area contributed by atoms with Gasteiger partial charge in [-0.2, -0.15) is 26.3 Å². The Hall–Kier alpha value is -1.54. The molecule has 2 aromatic heterocycles. The second-order valence-corrected chi connectivity index (χ2v) is 12.5. The van der Waals surface area contributed by atoms with Gasteiger partial charge in [0.15, 0.2) is 0 Å². The number of alkyl halides is 6. The van der Waals surface area contributed by atoms with Gasteiger partial charge in [-0.3, -0.25) is 0 Å². The molecule has 0 N–H and O–H groups in total. The van der Waals surface area contributed by atoms with E-state index in [2.05, 4.69) is 0 Å². The van der Waals surface area contributed by atoms with Gasteiger partial charge in [0.25, 0.3) is 0 Å². The van der Waals surface area contributed by atoms with Gasteiger partial charge in [0.1, 0.15) is 0 Å². The minimum atomic E-state index is -5.51. The molecule has 5 rings (SSSR count). The second kappa shape index (κ2) is 8.79. The van der Waals surface area contributed by atoms with Crippen molar-refractivity contribution < 1.29 is 26.3 Å². The monoisotopic (exact) mass is 530 g/mol. The van der Waals surface area contributed by atoms with Crippen molar-refractivity contribution in [3.05, 3.63) is 48.8 Å². The van der Waals surface area contributed by atoms with Crippen LogP contribution in [0.4, 0.5) is 26.3 Å². The summed E-state index contributed by atoms with van der Waals surface area (Å²) in [6.45, 7) is 3.12. The summed E-state index contributed by atoms with van der Waals surface area (Å²) >= 11 is 2.49. The highest BCUT2D eigenvalue weighted by molar-refractivity contribution is 7.13. The highest BCUT2D eigenvalue weighted by Crippen LogP contribution is 2.66.